The number of thioether (sulfide) groups is 1. The number of amides is 1. The zero-order valence-electron chi connectivity index (χ0n) is 15.1. The van der Waals surface area contributed by atoms with E-state index in [2.05, 4.69) is 10.2 Å². The topological polar surface area (TPSA) is 77.0 Å². The Balaban J connectivity index is 1.60. The summed E-state index contributed by atoms with van der Waals surface area (Å²) in [6, 6.07) is 10.2. The summed E-state index contributed by atoms with van der Waals surface area (Å²) in [6.07, 6.45) is 0.227. The molecular formula is C18H19ClFN5OS2. The van der Waals surface area contributed by atoms with Crippen molar-refractivity contribution in [3.63, 3.8) is 0 Å². The molecule has 0 unspecified atom stereocenters. The van der Waals surface area contributed by atoms with Crippen LogP contribution in [0.4, 0.5) is 4.39 Å². The number of nitrogen functional groups attached to an aromatic ring is 1. The number of halogens is 2. The van der Waals surface area contributed by atoms with Crippen LogP contribution in [0.2, 0.25) is 4.34 Å². The van der Waals surface area contributed by atoms with Gasteiger partial charge in [-0.1, -0.05) is 41.6 Å². The Kier molecular flexibility index (Phi) is 6.93. The van der Waals surface area contributed by atoms with E-state index in [0.29, 0.717) is 34.0 Å². The molecule has 0 atom stereocenters. The zero-order valence-corrected chi connectivity index (χ0v) is 17.5. The summed E-state index contributed by atoms with van der Waals surface area (Å²) in [5.74, 6) is 6.30. The third-order valence-electron chi connectivity index (χ3n) is 4.08. The van der Waals surface area contributed by atoms with Crippen molar-refractivity contribution in [2.45, 2.75) is 25.0 Å². The van der Waals surface area contributed by atoms with Gasteiger partial charge in [0.1, 0.15) is 5.82 Å². The minimum atomic E-state index is -0.317. The largest absolute Gasteiger partial charge is 0.337 e. The molecule has 2 N–H and O–H groups in total. The van der Waals surface area contributed by atoms with E-state index in [9.17, 15) is 9.18 Å². The predicted octanol–water partition coefficient (Wildman–Crippen LogP) is 3.58. The number of carbonyl (C=O) groups excluding carboxylic acids is 1. The Morgan fingerprint density at radius 3 is 2.79 bits per heavy atom. The maximum atomic E-state index is 13.8. The van der Waals surface area contributed by atoms with Gasteiger partial charge in [-0.25, -0.2) is 9.07 Å². The van der Waals surface area contributed by atoms with Gasteiger partial charge in [-0.2, -0.15) is 0 Å². The van der Waals surface area contributed by atoms with Crippen molar-refractivity contribution in [1.29, 1.82) is 0 Å². The number of nitrogens with zero attached hydrogens (tertiary/aromatic N) is 4. The first-order valence-electron chi connectivity index (χ1n) is 8.55. The molecule has 0 spiro atoms. The first kappa shape index (κ1) is 20.6. The monoisotopic (exact) mass is 439 g/mol. The number of hydrogen-bond acceptors (Lipinski definition) is 6. The van der Waals surface area contributed by atoms with Gasteiger partial charge in [-0.3, -0.25) is 4.79 Å². The first-order valence-corrected chi connectivity index (χ1v) is 10.7. The highest BCUT2D eigenvalue weighted by atomic mass is 35.5. The first-order chi connectivity index (χ1) is 13.5. The molecule has 0 aliphatic rings. The van der Waals surface area contributed by atoms with Crippen molar-refractivity contribution in [2.24, 2.45) is 0 Å². The summed E-state index contributed by atoms with van der Waals surface area (Å²) in [6.45, 7) is 3.03. The average molecular weight is 440 g/mol. The Labute approximate surface area is 175 Å². The van der Waals surface area contributed by atoms with E-state index in [4.69, 9.17) is 17.4 Å². The lowest BCUT2D eigenvalue weighted by Crippen LogP contribution is -2.31. The number of carbonyl (C=O) groups is 1. The average Bonchev–Trinajstić information content (AvgIpc) is 3.25. The molecule has 0 aliphatic carbocycles. The molecule has 148 valence electrons. The van der Waals surface area contributed by atoms with E-state index in [1.165, 1.54) is 33.8 Å². The fraction of sp³-hybridized carbons (Fsp3) is 0.278. The van der Waals surface area contributed by atoms with Gasteiger partial charge in [0.25, 0.3) is 0 Å². The number of nitrogens with two attached hydrogens (primary N) is 1. The Bertz CT molecular complexity index is 961. The second kappa shape index (κ2) is 9.40. The molecule has 28 heavy (non-hydrogen) atoms. The molecule has 1 aromatic carbocycles. The quantitative estimate of drug-likeness (QED) is 0.429. The maximum Gasteiger partial charge on any atom is 0.233 e. The van der Waals surface area contributed by atoms with Crippen LogP contribution in [0.15, 0.2) is 41.6 Å². The number of hydrogen-bond donors (Lipinski definition) is 1. The van der Waals surface area contributed by atoms with Crippen LogP contribution in [0.25, 0.3) is 0 Å². The van der Waals surface area contributed by atoms with Gasteiger partial charge in [0.2, 0.25) is 11.1 Å². The molecule has 0 fully saturated rings. The summed E-state index contributed by atoms with van der Waals surface area (Å²) in [4.78, 5) is 15.3. The van der Waals surface area contributed by atoms with E-state index in [-0.39, 0.29) is 23.9 Å². The highest BCUT2D eigenvalue weighted by Gasteiger charge is 2.17. The standard InChI is InChI=1S/C18H19ClFN5OS2/c1-2-24(10-13-7-8-15(19)28-13)17(26)11-27-18-23-22-16(25(18)21)9-12-5-3-4-6-14(12)20/h3-8H,2,9-11,21H2,1H3. The molecule has 0 saturated heterocycles. The number of benzene rings is 1. The fourth-order valence-electron chi connectivity index (χ4n) is 2.56. The molecule has 0 saturated carbocycles. The van der Waals surface area contributed by atoms with Crippen LogP contribution in [-0.2, 0) is 17.8 Å². The van der Waals surface area contributed by atoms with Crippen molar-refractivity contribution in [1.82, 2.24) is 19.8 Å². The number of aromatic nitrogens is 3. The van der Waals surface area contributed by atoms with Crippen molar-refractivity contribution in [2.75, 3.05) is 18.1 Å². The molecule has 1 amide bonds. The van der Waals surface area contributed by atoms with E-state index >= 15 is 0 Å². The third-order valence-corrected chi connectivity index (χ3v) is 6.22. The van der Waals surface area contributed by atoms with Crippen molar-refractivity contribution < 1.29 is 9.18 Å². The molecule has 10 heteroatoms. The molecular weight excluding hydrogens is 421 g/mol. The molecule has 2 heterocycles. The van der Waals surface area contributed by atoms with Crippen molar-refractivity contribution >= 4 is 40.6 Å². The molecule has 0 aliphatic heterocycles. The van der Waals surface area contributed by atoms with Gasteiger partial charge in [-0.05, 0) is 30.7 Å². The van der Waals surface area contributed by atoms with Crippen LogP contribution < -0.4 is 5.84 Å². The van der Waals surface area contributed by atoms with Gasteiger partial charge >= 0.3 is 0 Å². The van der Waals surface area contributed by atoms with Gasteiger partial charge in [0, 0.05) is 17.8 Å². The smallest absolute Gasteiger partial charge is 0.233 e. The van der Waals surface area contributed by atoms with Crippen LogP contribution in [0.5, 0.6) is 0 Å². The minimum absolute atomic E-state index is 0.0318. The predicted molar refractivity (Wildman–Crippen MR) is 111 cm³/mol. The van der Waals surface area contributed by atoms with Crippen LogP contribution >= 0.6 is 34.7 Å². The van der Waals surface area contributed by atoms with Crippen LogP contribution in [0.1, 0.15) is 23.2 Å². The Morgan fingerprint density at radius 1 is 1.32 bits per heavy atom. The zero-order chi connectivity index (χ0) is 20.1. The van der Waals surface area contributed by atoms with Crippen molar-refractivity contribution in [3.05, 3.63) is 62.8 Å². The SMILES string of the molecule is CCN(Cc1ccc(Cl)s1)C(=O)CSc1nnc(Cc2ccccc2F)n1N. The highest BCUT2D eigenvalue weighted by molar-refractivity contribution is 7.99. The van der Waals surface area contributed by atoms with Gasteiger partial charge in [0.05, 0.1) is 16.6 Å². The van der Waals surface area contributed by atoms with E-state index in [1.54, 1.807) is 23.1 Å². The Hall–Kier alpha value is -2.10. The lowest BCUT2D eigenvalue weighted by Gasteiger charge is -2.19. The van der Waals surface area contributed by atoms with Crippen LogP contribution in [0.3, 0.4) is 0 Å². The molecule has 3 aromatic rings. The summed E-state index contributed by atoms with van der Waals surface area (Å²) >= 11 is 8.62. The summed E-state index contributed by atoms with van der Waals surface area (Å²) in [7, 11) is 0. The van der Waals surface area contributed by atoms with E-state index < -0.39 is 0 Å². The molecule has 6 nitrogen and oxygen atoms in total. The maximum absolute atomic E-state index is 13.8. The summed E-state index contributed by atoms with van der Waals surface area (Å²) < 4.78 is 15.8. The van der Waals surface area contributed by atoms with Gasteiger partial charge in [0.15, 0.2) is 5.82 Å². The lowest BCUT2D eigenvalue weighted by atomic mass is 10.1. The second-order valence-electron chi connectivity index (χ2n) is 5.94. The molecule has 0 bridgehead atoms. The lowest BCUT2D eigenvalue weighted by molar-refractivity contribution is -0.128. The van der Waals surface area contributed by atoms with Crippen molar-refractivity contribution in [3.8, 4) is 0 Å². The van der Waals surface area contributed by atoms with Gasteiger partial charge in [-0.15, -0.1) is 21.5 Å². The van der Waals surface area contributed by atoms with E-state index in [1.807, 2.05) is 19.1 Å². The summed E-state index contributed by atoms with van der Waals surface area (Å²) in [5.41, 5.74) is 0.487. The van der Waals surface area contributed by atoms with Crippen LogP contribution in [0, 0.1) is 5.82 Å². The molecule has 2 aromatic heterocycles. The fourth-order valence-corrected chi connectivity index (χ4v) is 4.44. The third kappa shape index (κ3) is 5.03. The molecule has 3 rings (SSSR count). The number of rotatable bonds is 8. The highest BCUT2D eigenvalue weighted by Crippen LogP contribution is 2.23. The summed E-state index contributed by atoms with van der Waals surface area (Å²) in [5, 5.41) is 8.47. The minimum Gasteiger partial charge on any atom is -0.337 e. The normalized spacial score (nSPS) is 11.0. The molecule has 0 radical (unpaired) electrons. The van der Waals surface area contributed by atoms with Gasteiger partial charge < -0.3 is 10.7 Å². The van der Waals surface area contributed by atoms with Crippen LogP contribution in [-0.4, -0.2) is 38.0 Å². The van der Waals surface area contributed by atoms with E-state index in [0.717, 1.165) is 4.88 Å². The second-order valence-corrected chi connectivity index (χ2v) is 8.68. The number of thiophene rings is 1. The Morgan fingerprint density at radius 2 is 2.11 bits per heavy atom.